The third-order valence-corrected chi connectivity index (χ3v) is 10.3. The Labute approximate surface area is 287 Å². The summed E-state index contributed by atoms with van der Waals surface area (Å²) in [6.07, 6.45) is 3.95. The fourth-order valence-corrected chi connectivity index (χ4v) is 7.94. The van der Waals surface area contributed by atoms with E-state index in [2.05, 4.69) is 10.6 Å². The smallest absolute Gasteiger partial charge is 0.271 e. The number of fused-ring (bicyclic) bond motifs is 3. The van der Waals surface area contributed by atoms with Crippen LogP contribution in [0.4, 0.5) is 0 Å². The molecule has 0 saturated carbocycles. The zero-order valence-corrected chi connectivity index (χ0v) is 28.6. The molecule has 0 bridgehead atoms. The summed E-state index contributed by atoms with van der Waals surface area (Å²) >= 11 is 1.32. The van der Waals surface area contributed by atoms with Crippen LogP contribution in [-0.2, 0) is 11.3 Å². The second kappa shape index (κ2) is 13.1. The van der Waals surface area contributed by atoms with Crippen LogP contribution < -0.4 is 19.6 Å². The summed E-state index contributed by atoms with van der Waals surface area (Å²) in [5.74, 6) is 0.444. The molecule has 1 aliphatic heterocycles. The van der Waals surface area contributed by atoms with E-state index in [0.717, 1.165) is 38.4 Å². The number of carbonyl (C=O) groups excluding carboxylic acids is 1. The number of hydrogen-bond donors (Lipinski definition) is 0. The topological polar surface area (TPSA) is 92.6 Å². The number of allylic oxidation sites excluding steroid dienone is 1. The molecule has 0 unspecified atom stereocenters. The highest BCUT2D eigenvalue weighted by atomic mass is 32.1. The SMILES string of the molecule is CCN(CC)C(=O)C1=C(C)N=c2s/c(=C/c3cn(Cc4ccccc4C#N)c4ccccc34)c(=O)n2[C@H]1c1c(OC)ccc2ccccc12. The molecule has 7 rings (SSSR count). The van der Waals surface area contributed by atoms with E-state index in [9.17, 15) is 14.9 Å². The summed E-state index contributed by atoms with van der Waals surface area (Å²) in [5.41, 5.74) is 4.99. The van der Waals surface area contributed by atoms with Gasteiger partial charge < -0.3 is 14.2 Å². The van der Waals surface area contributed by atoms with Gasteiger partial charge in [-0.3, -0.25) is 14.2 Å². The van der Waals surface area contributed by atoms with Crippen LogP contribution in [-0.4, -0.2) is 40.1 Å². The van der Waals surface area contributed by atoms with Crippen molar-refractivity contribution in [2.24, 2.45) is 4.99 Å². The molecule has 0 spiro atoms. The molecule has 49 heavy (non-hydrogen) atoms. The molecule has 0 fully saturated rings. The van der Waals surface area contributed by atoms with Crippen molar-refractivity contribution in [3.05, 3.63) is 144 Å². The van der Waals surface area contributed by atoms with E-state index < -0.39 is 6.04 Å². The second-order valence-corrected chi connectivity index (χ2v) is 13.0. The minimum absolute atomic E-state index is 0.152. The number of hydrogen-bond acceptors (Lipinski definition) is 6. The van der Waals surface area contributed by atoms with E-state index in [0.29, 0.717) is 51.6 Å². The number of nitriles is 1. The summed E-state index contributed by atoms with van der Waals surface area (Å²) in [6, 6.07) is 29.1. The van der Waals surface area contributed by atoms with Crippen LogP contribution in [0.5, 0.6) is 5.75 Å². The van der Waals surface area contributed by atoms with Gasteiger partial charge in [0.2, 0.25) is 0 Å². The van der Waals surface area contributed by atoms with Crippen molar-refractivity contribution in [3.8, 4) is 11.8 Å². The van der Waals surface area contributed by atoms with E-state index in [1.807, 2.05) is 118 Å². The summed E-state index contributed by atoms with van der Waals surface area (Å²) < 4.78 is 10.2. The van der Waals surface area contributed by atoms with Crippen molar-refractivity contribution in [2.45, 2.75) is 33.4 Å². The number of aromatic nitrogens is 2. The van der Waals surface area contributed by atoms with E-state index in [-0.39, 0.29) is 11.5 Å². The highest BCUT2D eigenvalue weighted by Crippen LogP contribution is 2.40. The third kappa shape index (κ3) is 5.44. The molecule has 8 nitrogen and oxygen atoms in total. The number of amides is 1. The van der Waals surface area contributed by atoms with Crippen LogP contribution >= 0.6 is 11.3 Å². The maximum absolute atomic E-state index is 14.7. The molecule has 1 atom stereocenters. The normalized spacial score (nSPS) is 14.5. The van der Waals surface area contributed by atoms with Gasteiger partial charge >= 0.3 is 0 Å². The van der Waals surface area contributed by atoms with Gasteiger partial charge in [-0.25, -0.2) is 4.99 Å². The molecule has 0 N–H and O–H groups in total. The number of likely N-dealkylation sites (N-methyl/N-ethyl adjacent to an activating group) is 1. The second-order valence-electron chi connectivity index (χ2n) is 12.0. The van der Waals surface area contributed by atoms with Crippen LogP contribution in [0.25, 0.3) is 27.8 Å². The zero-order valence-electron chi connectivity index (χ0n) is 27.8. The quantitative estimate of drug-likeness (QED) is 0.195. The van der Waals surface area contributed by atoms with Crippen LogP contribution in [0.3, 0.4) is 0 Å². The molecule has 6 aromatic rings. The summed E-state index contributed by atoms with van der Waals surface area (Å²) in [4.78, 5) is 36.2. The molecule has 2 aromatic heterocycles. The summed E-state index contributed by atoms with van der Waals surface area (Å²) in [5, 5.41) is 12.6. The fourth-order valence-electron chi connectivity index (χ4n) is 6.90. The number of benzene rings is 4. The first-order valence-electron chi connectivity index (χ1n) is 16.3. The molecule has 1 amide bonds. The lowest BCUT2D eigenvalue weighted by atomic mass is 9.90. The van der Waals surface area contributed by atoms with Crippen molar-refractivity contribution >= 4 is 45.0 Å². The van der Waals surface area contributed by atoms with Crippen LogP contribution in [0.15, 0.2) is 112 Å². The van der Waals surface area contributed by atoms with Gasteiger partial charge in [-0.1, -0.05) is 78.1 Å². The number of methoxy groups -OCH3 is 1. The number of nitrogens with zero attached hydrogens (tertiary/aromatic N) is 5. The van der Waals surface area contributed by atoms with Crippen LogP contribution in [0.1, 0.15) is 49.1 Å². The Morgan fingerprint density at radius 2 is 1.71 bits per heavy atom. The van der Waals surface area contributed by atoms with Crippen LogP contribution in [0, 0.1) is 11.3 Å². The third-order valence-electron chi connectivity index (χ3n) is 9.31. The Morgan fingerprint density at radius 1 is 1.00 bits per heavy atom. The van der Waals surface area contributed by atoms with Crippen molar-refractivity contribution in [3.63, 3.8) is 0 Å². The lowest BCUT2D eigenvalue weighted by molar-refractivity contribution is -0.127. The molecular formula is C40H35N5O3S. The van der Waals surface area contributed by atoms with E-state index in [1.165, 1.54) is 11.3 Å². The van der Waals surface area contributed by atoms with Gasteiger partial charge in [0.25, 0.3) is 11.5 Å². The Bertz CT molecular complexity index is 2530. The molecule has 0 aliphatic carbocycles. The largest absolute Gasteiger partial charge is 0.496 e. The number of carbonyl (C=O) groups is 1. The van der Waals surface area contributed by atoms with Gasteiger partial charge in [0.1, 0.15) is 11.8 Å². The van der Waals surface area contributed by atoms with Crippen molar-refractivity contribution in [1.29, 1.82) is 5.26 Å². The number of thiazole rings is 1. The maximum Gasteiger partial charge on any atom is 0.271 e. The van der Waals surface area contributed by atoms with E-state index >= 15 is 0 Å². The molecule has 244 valence electrons. The van der Waals surface area contributed by atoms with E-state index in [1.54, 1.807) is 16.6 Å². The van der Waals surface area contributed by atoms with Crippen molar-refractivity contribution in [1.82, 2.24) is 14.0 Å². The highest BCUT2D eigenvalue weighted by Gasteiger charge is 2.36. The maximum atomic E-state index is 14.7. The Hall–Kier alpha value is -5.72. The standard InChI is InChI=1S/C40H35N5O3S/c1-5-43(6-2)39(47)35-25(3)42-40-45(37(35)36-31-17-10-9-13-26(31)19-20-33(36)48-4)38(46)34(49-40)21-29-24-44(32-18-12-11-16-30(29)32)23-28-15-8-7-14-27(28)22-41/h7-21,24,37H,5-6,23H2,1-4H3/b34-21+/t37-/m1/s1. The lowest BCUT2D eigenvalue weighted by Gasteiger charge is -2.30. The molecule has 1 aliphatic rings. The average molecular weight is 666 g/mol. The summed E-state index contributed by atoms with van der Waals surface area (Å²) in [6.45, 7) is 7.32. The first-order chi connectivity index (χ1) is 23.9. The molecule has 4 aromatic carbocycles. The van der Waals surface area contributed by atoms with Crippen molar-refractivity contribution < 1.29 is 9.53 Å². The molecule has 0 radical (unpaired) electrons. The van der Waals surface area contributed by atoms with Crippen molar-refractivity contribution in [2.75, 3.05) is 20.2 Å². The van der Waals surface area contributed by atoms with Gasteiger partial charge in [-0.15, -0.1) is 0 Å². The highest BCUT2D eigenvalue weighted by molar-refractivity contribution is 7.07. The molecule has 3 heterocycles. The minimum Gasteiger partial charge on any atom is -0.496 e. The lowest BCUT2D eigenvalue weighted by Crippen LogP contribution is -2.43. The molecular weight excluding hydrogens is 631 g/mol. The first-order valence-corrected chi connectivity index (χ1v) is 17.1. The van der Waals surface area contributed by atoms with Gasteiger partial charge in [0.05, 0.1) is 34.5 Å². The Morgan fingerprint density at radius 3 is 2.47 bits per heavy atom. The molecule has 0 saturated heterocycles. The van der Waals surface area contributed by atoms with Gasteiger partial charge in [0, 0.05) is 47.9 Å². The van der Waals surface area contributed by atoms with Gasteiger partial charge in [0.15, 0.2) is 4.80 Å². The predicted octanol–water partition coefficient (Wildman–Crippen LogP) is 6.14. The van der Waals surface area contributed by atoms with E-state index in [4.69, 9.17) is 9.73 Å². The number of rotatable bonds is 8. The molecule has 9 heteroatoms. The Kier molecular flexibility index (Phi) is 8.49. The monoisotopic (exact) mass is 665 g/mol. The average Bonchev–Trinajstić information content (AvgIpc) is 3.63. The fraction of sp³-hybridized carbons (Fsp3) is 0.200. The number of ether oxygens (including phenoxy) is 1. The minimum atomic E-state index is -0.753. The van der Waals surface area contributed by atoms with Gasteiger partial charge in [-0.05, 0) is 61.4 Å². The first kappa shape index (κ1) is 31.9. The predicted molar refractivity (Wildman–Crippen MR) is 194 cm³/mol. The zero-order chi connectivity index (χ0) is 34.2. The van der Waals surface area contributed by atoms with Crippen LogP contribution in [0.2, 0.25) is 0 Å². The Balaban J connectivity index is 1.46. The number of para-hydroxylation sites is 1. The van der Waals surface area contributed by atoms with Gasteiger partial charge in [-0.2, -0.15) is 5.26 Å². The summed E-state index contributed by atoms with van der Waals surface area (Å²) in [7, 11) is 1.62.